The van der Waals surface area contributed by atoms with Crippen LogP contribution in [0.4, 0.5) is 0 Å². The lowest BCUT2D eigenvalue weighted by molar-refractivity contribution is 0.362. The quantitative estimate of drug-likeness (QED) is 0.539. The van der Waals surface area contributed by atoms with Gasteiger partial charge in [0.25, 0.3) is 0 Å². The number of hydrogen-bond acceptors (Lipinski definition) is 1. The average molecular weight is 163 g/mol. The van der Waals surface area contributed by atoms with E-state index in [1.807, 2.05) is 11.1 Å². The molecule has 2 aliphatic carbocycles. The van der Waals surface area contributed by atoms with Gasteiger partial charge in [0.2, 0.25) is 0 Å². The van der Waals surface area contributed by atoms with Crippen molar-refractivity contribution in [1.29, 1.82) is 0 Å². The van der Waals surface area contributed by atoms with E-state index in [4.69, 9.17) is 0 Å². The summed E-state index contributed by atoms with van der Waals surface area (Å²) in [6, 6.07) is 0. The summed E-state index contributed by atoms with van der Waals surface area (Å²) in [5.41, 5.74) is 3.76. The zero-order valence-electron chi connectivity index (χ0n) is 7.60. The summed E-state index contributed by atoms with van der Waals surface area (Å²) in [5, 5.41) is 3.58. The van der Waals surface area contributed by atoms with E-state index in [1.54, 1.807) is 0 Å². The highest BCUT2D eigenvalue weighted by Gasteiger charge is 2.35. The lowest BCUT2D eigenvalue weighted by Gasteiger charge is -2.34. The van der Waals surface area contributed by atoms with Crippen LogP contribution in [-0.4, -0.2) is 13.1 Å². The Bertz CT molecular complexity index is 229. The number of allylic oxidation sites excluding steroid dienone is 1. The van der Waals surface area contributed by atoms with Gasteiger partial charge in [-0.3, -0.25) is 0 Å². The molecule has 66 valence electrons. The second-order valence-electron chi connectivity index (χ2n) is 4.54. The highest BCUT2D eigenvalue weighted by molar-refractivity contribution is 5.29. The molecule has 2 unspecified atom stereocenters. The monoisotopic (exact) mass is 163 g/mol. The van der Waals surface area contributed by atoms with Crippen LogP contribution in [0, 0.1) is 11.8 Å². The Morgan fingerprint density at radius 3 is 2.75 bits per heavy atom. The third kappa shape index (κ3) is 0.891. The normalized spacial score (nSPS) is 40.0. The van der Waals surface area contributed by atoms with Crippen LogP contribution in [0.15, 0.2) is 11.1 Å². The van der Waals surface area contributed by atoms with Gasteiger partial charge in [0.15, 0.2) is 0 Å². The molecule has 0 aromatic heterocycles. The van der Waals surface area contributed by atoms with Gasteiger partial charge in [-0.2, -0.15) is 0 Å². The molecule has 2 atom stereocenters. The first-order valence-corrected chi connectivity index (χ1v) is 5.37. The average Bonchev–Trinajstić information content (AvgIpc) is 2.52. The molecule has 0 bridgehead atoms. The summed E-state index contributed by atoms with van der Waals surface area (Å²) in [6.45, 7) is 2.55. The van der Waals surface area contributed by atoms with E-state index in [-0.39, 0.29) is 0 Å². The molecule has 0 radical (unpaired) electrons. The van der Waals surface area contributed by atoms with Crippen molar-refractivity contribution in [2.75, 3.05) is 13.1 Å². The van der Waals surface area contributed by atoms with Crippen molar-refractivity contribution < 1.29 is 0 Å². The molecule has 0 spiro atoms. The summed E-state index contributed by atoms with van der Waals surface area (Å²) in [6.07, 6.45) is 7.23. The second-order valence-corrected chi connectivity index (χ2v) is 4.54. The second kappa shape index (κ2) is 2.59. The Morgan fingerprint density at radius 2 is 1.83 bits per heavy atom. The fraction of sp³-hybridized carbons (Fsp3) is 0.818. The van der Waals surface area contributed by atoms with Crippen molar-refractivity contribution in [1.82, 2.24) is 5.32 Å². The third-order valence-electron chi connectivity index (χ3n) is 3.90. The Balaban J connectivity index is 1.98. The lowest BCUT2D eigenvalue weighted by atomic mass is 9.78. The Hall–Kier alpha value is -0.300. The fourth-order valence-corrected chi connectivity index (χ4v) is 3.40. The van der Waals surface area contributed by atoms with Crippen molar-refractivity contribution >= 4 is 0 Å². The molecule has 3 aliphatic rings. The zero-order chi connectivity index (χ0) is 7.97. The predicted octanol–water partition coefficient (Wildman–Crippen LogP) is 2.10. The van der Waals surface area contributed by atoms with Crippen LogP contribution in [0.1, 0.15) is 32.1 Å². The molecule has 0 saturated carbocycles. The van der Waals surface area contributed by atoms with Gasteiger partial charge in [-0.1, -0.05) is 11.1 Å². The van der Waals surface area contributed by atoms with E-state index in [0.29, 0.717) is 0 Å². The minimum Gasteiger partial charge on any atom is -0.316 e. The molecule has 1 heterocycles. The van der Waals surface area contributed by atoms with Crippen LogP contribution in [0.25, 0.3) is 0 Å². The van der Waals surface area contributed by atoms with E-state index in [1.165, 1.54) is 45.2 Å². The molecule has 12 heavy (non-hydrogen) atoms. The lowest BCUT2D eigenvalue weighted by Crippen LogP contribution is -2.38. The summed E-state index contributed by atoms with van der Waals surface area (Å²) >= 11 is 0. The molecule has 1 aliphatic heterocycles. The van der Waals surface area contributed by atoms with Gasteiger partial charge in [-0.25, -0.2) is 0 Å². The predicted molar refractivity (Wildman–Crippen MR) is 50.0 cm³/mol. The maximum Gasteiger partial charge on any atom is 0.00174 e. The first kappa shape index (κ1) is 7.14. The van der Waals surface area contributed by atoms with Gasteiger partial charge >= 0.3 is 0 Å². The van der Waals surface area contributed by atoms with Gasteiger partial charge in [0.1, 0.15) is 0 Å². The van der Waals surface area contributed by atoms with Crippen LogP contribution < -0.4 is 5.32 Å². The van der Waals surface area contributed by atoms with Crippen molar-refractivity contribution in [3.05, 3.63) is 11.1 Å². The van der Waals surface area contributed by atoms with Gasteiger partial charge < -0.3 is 5.32 Å². The van der Waals surface area contributed by atoms with E-state index in [2.05, 4.69) is 5.32 Å². The van der Waals surface area contributed by atoms with E-state index < -0.39 is 0 Å². The van der Waals surface area contributed by atoms with Crippen molar-refractivity contribution in [2.24, 2.45) is 11.8 Å². The zero-order valence-corrected chi connectivity index (χ0v) is 7.60. The number of hydrogen-bond donors (Lipinski definition) is 1. The highest BCUT2D eigenvalue weighted by atomic mass is 14.9. The summed E-state index contributed by atoms with van der Waals surface area (Å²) in [7, 11) is 0. The van der Waals surface area contributed by atoms with Crippen molar-refractivity contribution in [3.63, 3.8) is 0 Å². The number of rotatable bonds is 0. The van der Waals surface area contributed by atoms with Gasteiger partial charge in [0, 0.05) is 13.1 Å². The molecule has 3 rings (SSSR count). The van der Waals surface area contributed by atoms with Crippen LogP contribution in [-0.2, 0) is 0 Å². The molecule has 1 heteroatoms. The fourth-order valence-electron chi connectivity index (χ4n) is 3.40. The van der Waals surface area contributed by atoms with Crippen molar-refractivity contribution in [3.8, 4) is 0 Å². The van der Waals surface area contributed by atoms with Crippen LogP contribution in [0.5, 0.6) is 0 Å². The molecule has 1 fully saturated rings. The van der Waals surface area contributed by atoms with E-state index >= 15 is 0 Å². The third-order valence-corrected chi connectivity index (χ3v) is 3.90. The summed E-state index contributed by atoms with van der Waals surface area (Å²) in [5.74, 6) is 1.88. The standard InChI is InChI=1S/C11H17N/c1-2-8-4-5-10-7-12-6-9(3-1)11(8)10/h9-10,12H,1-7H2. The highest BCUT2D eigenvalue weighted by Crippen LogP contribution is 2.45. The van der Waals surface area contributed by atoms with Crippen LogP contribution in [0.3, 0.4) is 0 Å². The molecule has 1 nitrogen and oxygen atoms in total. The Labute approximate surface area is 74.2 Å². The number of nitrogens with one attached hydrogen (secondary N) is 1. The van der Waals surface area contributed by atoms with Crippen molar-refractivity contribution in [2.45, 2.75) is 32.1 Å². The SMILES string of the molecule is C1CC2=C3C(C1)CNCC3CC2. The maximum atomic E-state index is 3.58. The van der Waals surface area contributed by atoms with Gasteiger partial charge in [-0.05, 0) is 43.9 Å². The summed E-state index contributed by atoms with van der Waals surface area (Å²) in [4.78, 5) is 0. The topological polar surface area (TPSA) is 12.0 Å². The molecular formula is C11H17N. The Kier molecular flexibility index (Phi) is 1.54. The minimum absolute atomic E-state index is 0.940. The molecule has 0 aromatic rings. The molecule has 0 aromatic carbocycles. The maximum absolute atomic E-state index is 3.58. The van der Waals surface area contributed by atoms with Crippen LogP contribution >= 0.6 is 0 Å². The number of piperidine rings is 1. The van der Waals surface area contributed by atoms with E-state index in [0.717, 1.165) is 11.8 Å². The van der Waals surface area contributed by atoms with Crippen LogP contribution in [0.2, 0.25) is 0 Å². The summed E-state index contributed by atoms with van der Waals surface area (Å²) < 4.78 is 0. The van der Waals surface area contributed by atoms with Gasteiger partial charge in [-0.15, -0.1) is 0 Å². The first-order valence-electron chi connectivity index (χ1n) is 5.37. The molecule has 0 amide bonds. The first-order chi connectivity index (χ1) is 5.95. The Morgan fingerprint density at radius 1 is 1.00 bits per heavy atom. The smallest absolute Gasteiger partial charge is 0.00174 e. The van der Waals surface area contributed by atoms with E-state index in [9.17, 15) is 0 Å². The largest absolute Gasteiger partial charge is 0.316 e. The molecular weight excluding hydrogens is 146 g/mol. The van der Waals surface area contributed by atoms with Gasteiger partial charge in [0.05, 0.1) is 0 Å². The molecule has 1 N–H and O–H groups in total. The molecule has 1 saturated heterocycles. The minimum atomic E-state index is 0.940.